The first kappa shape index (κ1) is 21.3. The number of benzene rings is 2. The van der Waals surface area contributed by atoms with Crippen LogP contribution in [0.4, 0.5) is 5.69 Å². The molecule has 0 spiro atoms. The van der Waals surface area contributed by atoms with Crippen molar-refractivity contribution < 1.29 is 19.1 Å². The highest BCUT2D eigenvalue weighted by Gasteiger charge is 2.14. The Morgan fingerprint density at radius 1 is 1.03 bits per heavy atom. The van der Waals surface area contributed by atoms with E-state index in [1.807, 2.05) is 24.3 Å². The summed E-state index contributed by atoms with van der Waals surface area (Å²) in [5, 5.41) is 14.4. The lowest BCUT2D eigenvalue weighted by molar-refractivity contribution is -0.121. The number of anilines is 1. The van der Waals surface area contributed by atoms with Crippen molar-refractivity contribution >= 4 is 28.8 Å². The van der Waals surface area contributed by atoms with Crippen LogP contribution in [0.1, 0.15) is 26.8 Å². The molecule has 1 heterocycles. The van der Waals surface area contributed by atoms with Crippen molar-refractivity contribution in [2.75, 3.05) is 19.5 Å². The molecule has 2 aromatic carbocycles. The third-order valence-electron chi connectivity index (χ3n) is 4.22. The second-order valence-electron chi connectivity index (χ2n) is 6.28. The normalized spacial score (nSPS) is 10.3. The molecule has 2 amide bonds. The molecule has 156 valence electrons. The fraction of sp³-hybridized carbons (Fsp3) is 0.238. The smallest absolute Gasteiger partial charge is 0.286 e. The highest BCUT2D eigenvalue weighted by atomic mass is 32.1. The molecule has 1 aromatic heterocycles. The summed E-state index contributed by atoms with van der Waals surface area (Å²) in [6.07, 6.45) is 0.637. The molecule has 0 fully saturated rings. The van der Waals surface area contributed by atoms with Gasteiger partial charge in [-0.15, -0.1) is 10.2 Å². The molecule has 0 saturated heterocycles. The lowest BCUT2D eigenvalue weighted by Crippen LogP contribution is -2.23. The first-order chi connectivity index (χ1) is 14.6. The van der Waals surface area contributed by atoms with Crippen LogP contribution in [0, 0.1) is 0 Å². The number of ether oxygens (including phenoxy) is 2. The second-order valence-corrected chi connectivity index (χ2v) is 7.34. The van der Waals surface area contributed by atoms with Crippen LogP contribution in [0.15, 0.2) is 48.5 Å². The lowest BCUT2D eigenvalue weighted by atomic mass is 10.2. The van der Waals surface area contributed by atoms with E-state index in [0.29, 0.717) is 35.2 Å². The Morgan fingerprint density at radius 2 is 1.83 bits per heavy atom. The average molecular weight is 426 g/mol. The minimum Gasteiger partial charge on any atom is -0.497 e. The maximum atomic E-state index is 12.2. The zero-order valence-electron chi connectivity index (χ0n) is 16.7. The number of hydrogen-bond donors (Lipinski definition) is 2. The molecule has 0 radical (unpaired) electrons. The molecule has 3 rings (SSSR count). The molecule has 30 heavy (non-hydrogen) atoms. The van der Waals surface area contributed by atoms with Gasteiger partial charge in [0, 0.05) is 30.6 Å². The molecule has 2 N–H and O–H groups in total. The first-order valence-electron chi connectivity index (χ1n) is 9.25. The summed E-state index contributed by atoms with van der Waals surface area (Å²) in [6.45, 7) is 0.320. The molecule has 0 saturated carbocycles. The Morgan fingerprint density at radius 3 is 2.57 bits per heavy atom. The maximum absolute atomic E-state index is 12.2. The molecule has 3 aromatic rings. The third-order valence-corrected chi connectivity index (χ3v) is 5.20. The molecule has 0 aliphatic carbocycles. The summed E-state index contributed by atoms with van der Waals surface area (Å²) >= 11 is 1.18. The number of amides is 2. The van der Waals surface area contributed by atoms with Gasteiger partial charge in [-0.3, -0.25) is 9.59 Å². The van der Waals surface area contributed by atoms with Gasteiger partial charge in [0.15, 0.2) is 0 Å². The highest BCUT2D eigenvalue weighted by molar-refractivity contribution is 7.13. The lowest BCUT2D eigenvalue weighted by Gasteiger charge is -2.11. The Hall–Kier alpha value is -3.46. The Balaban J connectivity index is 1.49. The molecule has 0 bridgehead atoms. The Labute approximate surface area is 178 Å². The van der Waals surface area contributed by atoms with Crippen LogP contribution in [0.5, 0.6) is 11.5 Å². The zero-order valence-corrected chi connectivity index (χ0v) is 17.5. The molecule has 0 atom stereocenters. The van der Waals surface area contributed by atoms with E-state index < -0.39 is 0 Å². The van der Waals surface area contributed by atoms with Crippen LogP contribution in [0.25, 0.3) is 0 Å². The van der Waals surface area contributed by atoms with Crippen molar-refractivity contribution in [3.8, 4) is 11.5 Å². The number of aromatic nitrogens is 2. The topological polar surface area (TPSA) is 102 Å². The predicted molar refractivity (Wildman–Crippen MR) is 114 cm³/mol. The largest absolute Gasteiger partial charge is 0.497 e. The van der Waals surface area contributed by atoms with E-state index in [1.54, 1.807) is 38.5 Å². The van der Waals surface area contributed by atoms with Gasteiger partial charge in [-0.25, -0.2) is 0 Å². The molecule has 9 heteroatoms. The monoisotopic (exact) mass is 426 g/mol. The van der Waals surface area contributed by atoms with Gasteiger partial charge >= 0.3 is 0 Å². The van der Waals surface area contributed by atoms with Crippen molar-refractivity contribution in [3.05, 3.63) is 64.1 Å². The number of hydrogen-bond acceptors (Lipinski definition) is 7. The van der Waals surface area contributed by atoms with Crippen molar-refractivity contribution in [2.24, 2.45) is 0 Å². The quantitative estimate of drug-likeness (QED) is 0.545. The molecule has 0 unspecified atom stereocenters. The molecular formula is C21H22N4O4S. The fourth-order valence-corrected chi connectivity index (χ4v) is 3.41. The number of para-hydroxylation sites is 1. The predicted octanol–water partition coefficient (Wildman–Crippen LogP) is 3.06. The van der Waals surface area contributed by atoms with Crippen molar-refractivity contribution in [3.63, 3.8) is 0 Å². The highest BCUT2D eigenvalue weighted by Crippen LogP contribution is 2.23. The van der Waals surface area contributed by atoms with Gasteiger partial charge in [0.25, 0.3) is 5.91 Å². The summed E-state index contributed by atoms with van der Waals surface area (Å²) in [6, 6.07) is 14.5. The summed E-state index contributed by atoms with van der Waals surface area (Å²) in [5.74, 6) is 0.911. The number of nitrogens with one attached hydrogen (secondary N) is 2. The Bertz CT molecular complexity index is 1010. The number of carbonyl (C=O) groups is 2. The number of carbonyl (C=O) groups excluding carboxylic acids is 2. The van der Waals surface area contributed by atoms with E-state index in [2.05, 4.69) is 20.8 Å². The summed E-state index contributed by atoms with van der Waals surface area (Å²) in [5.41, 5.74) is 1.51. The zero-order chi connectivity index (χ0) is 21.3. The molecular weight excluding hydrogens is 404 g/mol. The van der Waals surface area contributed by atoms with E-state index in [4.69, 9.17) is 9.47 Å². The molecule has 0 aliphatic heterocycles. The van der Waals surface area contributed by atoms with Crippen molar-refractivity contribution in [2.45, 2.75) is 19.4 Å². The van der Waals surface area contributed by atoms with Gasteiger partial charge < -0.3 is 20.1 Å². The van der Waals surface area contributed by atoms with Crippen molar-refractivity contribution in [1.82, 2.24) is 15.5 Å². The van der Waals surface area contributed by atoms with Crippen LogP contribution >= 0.6 is 11.3 Å². The minimum absolute atomic E-state index is 0.134. The van der Waals surface area contributed by atoms with E-state index in [-0.39, 0.29) is 23.2 Å². The summed E-state index contributed by atoms with van der Waals surface area (Å²) in [4.78, 5) is 24.5. The number of aryl methyl sites for hydroxylation is 1. The number of rotatable bonds is 9. The van der Waals surface area contributed by atoms with E-state index in [1.165, 1.54) is 11.3 Å². The van der Waals surface area contributed by atoms with Crippen LogP contribution in [-0.4, -0.2) is 36.2 Å². The number of methoxy groups -OCH3 is 2. The summed E-state index contributed by atoms with van der Waals surface area (Å²) in [7, 11) is 3.16. The second kappa shape index (κ2) is 10.4. The minimum atomic E-state index is -0.320. The fourth-order valence-electron chi connectivity index (χ4n) is 2.68. The third kappa shape index (κ3) is 5.77. The molecule has 0 aliphatic rings. The summed E-state index contributed by atoms with van der Waals surface area (Å²) < 4.78 is 10.5. The van der Waals surface area contributed by atoms with Crippen LogP contribution in [0.2, 0.25) is 0 Å². The van der Waals surface area contributed by atoms with Crippen LogP contribution in [-0.2, 0) is 17.8 Å². The van der Waals surface area contributed by atoms with Gasteiger partial charge in [0.1, 0.15) is 16.5 Å². The van der Waals surface area contributed by atoms with Gasteiger partial charge in [0.05, 0.1) is 14.2 Å². The Kier molecular flexibility index (Phi) is 7.34. The SMILES string of the molecule is COc1ccc(OC)c(CNC(=O)CCc2nnc(C(=O)Nc3ccccc3)s2)c1. The van der Waals surface area contributed by atoms with Crippen LogP contribution in [0.3, 0.4) is 0 Å². The number of nitrogens with zero attached hydrogens (tertiary/aromatic N) is 2. The first-order valence-corrected chi connectivity index (χ1v) is 10.1. The van der Waals surface area contributed by atoms with E-state index >= 15 is 0 Å². The standard InChI is InChI=1S/C21H22N4O4S/c1-28-16-8-9-17(29-2)14(12-16)13-22-18(26)10-11-19-24-25-21(30-19)20(27)23-15-6-4-3-5-7-15/h3-9,12H,10-11,13H2,1-2H3,(H,22,26)(H,23,27). The van der Waals surface area contributed by atoms with Gasteiger partial charge in [-0.05, 0) is 30.3 Å². The van der Waals surface area contributed by atoms with E-state index in [9.17, 15) is 9.59 Å². The van der Waals surface area contributed by atoms with Gasteiger partial charge in [-0.1, -0.05) is 29.5 Å². The van der Waals surface area contributed by atoms with Crippen molar-refractivity contribution in [1.29, 1.82) is 0 Å². The maximum Gasteiger partial charge on any atom is 0.286 e. The average Bonchev–Trinajstić information content (AvgIpc) is 3.26. The van der Waals surface area contributed by atoms with E-state index in [0.717, 1.165) is 5.56 Å². The van der Waals surface area contributed by atoms with Crippen LogP contribution < -0.4 is 20.1 Å². The molecule has 8 nitrogen and oxygen atoms in total. The van der Waals surface area contributed by atoms with Gasteiger partial charge in [-0.2, -0.15) is 0 Å². The van der Waals surface area contributed by atoms with Gasteiger partial charge in [0.2, 0.25) is 10.9 Å².